The highest BCUT2D eigenvalue weighted by atomic mass is 19.1. The molecule has 40 heavy (non-hydrogen) atoms. The Morgan fingerprint density at radius 2 is 1.27 bits per heavy atom. The summed E-state index contributed by atoms with van der Waals surface area (Å²) in [6.07, 6.45) is -0.297. The second-order valence-electron chi connectivity index (χ2n) is 9.05. The largest absolute Gasteiger partial charge is 0.481 e. The lowest BCUT2D eigenvalue weighted by Gasteiger charge is -2.24. The minimum atomic E-state index is -1.08. The second kappa shape index (κ2) is 12.8. The number of carbonyl (C=O) groups is 3. The first-order valence-electron chi connectivity index (χ1n) is 12.4. The molecule has 0 heterocycles. The van der Waals surface area contributed by atoms with Gasteiger partial charge < -0.3 is 15.3 Å². The van der Waals surface area contributed by atoms with Gasteiger partial charge in [0.2, 0.25) is 0 Å². The molecule has 4 aromatic carbocycles. The molecule has 2 N–H and O–H groups in total. The fourth-order valence-corrected chi connectivity index (χ4v) is 4.27. The quantitative estimate of drug-likeness (QED) is 0.263. The fourth-order valence-electron chi connectivity index (χ4n) is 4.27. The van der Waals surface area contributed by atoms with Gasteiger partial charge in [0.1, 0.15) is 17.5 Å². The van der Waals surface area contributed by atoms with Crippen molar-refractivity contribution >= 4 is 17.8 Å². The van der Waals surface area contributed by atoms with Gasteiger partial charge in [-0.05, 0) is 58.7 Å². The van der Waals surface area contributed by atoms with Crippen molar-refractivity contribution in [3.05, 3.63) is 131 Å². The van der Waals surface area contributed by atoms with Crippen LogP contribution in [0.1, 0.15) is 38.3 Å². The molecule has 0 bridgehead atoms. The van der Waals surface area contributed by atoms with E-state index in [1.54, 1.807) is 48.5 Å². The maximum atomic E-state index is 13.8. The molecule has 0 saturated heterocycles. The molecule has 204 valence electrons. The van der Waals surface area contributed by atoms with Crippen molar-refractivity contribution in [1.82, 2.24) is 10.2 Å². The molecular formula is C31H25F3N2O4. The number of amides is 2. The molecule has 0 aliphatic rings. The summed E-state index contributed by atoms with van der Waals surface area (Å²) < 4.78 is 40.5. The van der Waals surface area contributed by atoms with Crippen molar-refractivity contribution < 1.29 is 32.7 Å². The van der Waals surface area contributed by atoms with Gasteiger partial charge in [-0.2, -0.15) is 0 Å². The van der Waals surface area contributed by atoms with Crippen LogP contribution in [0.4, 0.5) is 13.2 Å². The molecule has 0 spiro atoms. The van der Waals surface area contributed by atoms with Gasteiger partial charge in [-0.15, -0.1) is 0 Å². The van der Waals surface area contributed by atoms with Crippen LogP contribution in [0.15, 0.2) is 91.0 Å². The van der Waals surface area contributed by atoms with Crippen molar-refractivity contribution in [3.63, 3.8) is 0 Å². The number of nitrogens with zero attached hydrogens (tertiary/aromatic N) is 1. The zero-order chi connectivity index (χ0) is 28.6. The molecule has 0 fully saturated rings. The smallest absolute Gasteiger partial charge is 0.305 e. The molecule has 0 aliphatic carbocycles. The number of carboxylic acid groups (broad SMARTS) is 1. The van der Waals surface area contributed by atoms with E-state index in [4.69, 9.17) is 0 Å². The topological polar surface area (TPSA) is 86.7 Å². The van der Waals surface area contributed by atoms with E-state index in [0.717, 1.165) is 18.2 Å². The van der Waals surface area contributed by atoms with E-state index in [1.807, 2.05) is 0 Å². The van der Waals surface area contributed by atoms with Gasteiger partial charge in [-0.3, -0.25) is 14.4 Å². The van der Waals surface area contributed by atoms with Crippen LogP contribution in [-0.2, 0) is 17.9 Å². The third kappa shape index (κ3) is 7.13. The van der Waals surface area contributed by atoms with E-state index < -0.39 is 35.2 Å². The molecule has 4 aromatic rings. The monoisotopic (exact) mass is 546 g/mol. The average molecular weight is 547 g/mol. The first-order chi connectivity index (χ1) is 19.2. The predicted molar refractivity (Wildman–Crippen MR) is 143 cm³/mol. The Balaban J connectivity index is 1.64. The van der Waals surface area contributed by atoms with Crippen LogP contribution < -0.4 is 5.32 Å². The number of rotatable bonds is 10. The van der Waals surface area contributed by atoms with Gasteiger partial charge >= 0.3 is 5.97 Å². The lowest BCUT2D eigenvalue weighted by Crippen LogP contribution is -2.33. The van der Waals surface area contributed by atoms with Crippen molar-refractivity contribution in [2.75, 3.05) is 6.54 Å². The summed E-state index contributed by atoms with van der Waals surface area (Å²) in [5.41, 5.74) is 2.21. The maximum absolute atomic E-state index is 13.8. The predicted octanol–water partition coefficient (Wildman–Crippen LogP) is 5.82. The number of halogens is 3. The standard InChI is InChI=1S/C31H25F3N2O4/c32-22-11-9-20(10-12-22)19-36(14-13-29(37)38)31(40)28-8-4-2-6-26(28)25-5-1-3-7-27(25)30(39)35-18-21-15-23(33)17-24(34)16-21/h1-12,15-17H,13-14,18-19H2,(H,35,39)(H,37,38). The minimum Gasteiger partial charge on any atom is -0.481 e. The number of hydrogen-bond donors (Lipinski definition) is 2. The van der Waals surface area contributed by atoms with Crippen molar-refractivity contribution in [2.45, 2.75) is 19.5 Å². The summed E-state index contributed by atoms with van der Waals surface area (Å²) in [4.78, 5) is 39.6. The Kier molecular flexibility index (Phi) is 8.96. The van der Waals surface area contributed by atoms with Gasteiger partial charge in [-0.25, -0.2) is 13.2 Å². The van der Waals surface area contributed by atoms with Crippen LogP contribution in [0.5, 0.6) is 0 Å². The molecule has 0 aromatic heterocycles. The Labute approximate surface area is 228 Å². The van der Waals surface area contributed by atoms with E-state index in [9.17, 15) is 32.7 Å². The van der Waals surface area contributed by atoms with Crippen LogP contribution in [0, 0.1) is 17.5 Å². The molecule has 0 radical (unpaired) electrons. The first-order valence-corrected chi connectivity index (χ1v) is 12.4. The van der Waals surface area contributed by atoms with Crippen molar-refractivity contribution in [2.24, 2.45) is 0 Å². The van der Waals surface area contributed by atoms with Crippen LogP contribution in [-0.4, -0.2) is 34.3 Å². The molecule has 6 nitrogen and oxygen atoms in total. The highest BCUT2D eigenvalue weighted by molar-refractivity contribution is 6.06. The average Bonchev–Trinajstić information content (AvgIpc) is 2.94. The van der Waals surface area contributed by atoms with Crippen molar-refractivity contribution in [1.29, 1.82) is 0 Å². The second-order valence-corrected chi connectivity index (χ2v) is 9.05. The fraction of sp³-hybridized carbons (Fsp3) is 0.129. The SMILES string of the molecule is O=C(O)CCN(Cc1ccc(F)cc1)C(=O)c1ccccc1-c1ccccc1C(=O)NCc1cc(F)cc(F)c1. The van der Waals surface area contributed by atoms with Gasteiger partial charge in [0, 0.05) is 36.8 Å². The molecule has 9 heteroatoms. The van der Waals surface area contributed by atoms with Gasteiger partial charge in [-0.1, -0.05) is 48.5 Å². The van der Waals surface area contributed by atoms with E-state index in [1.165, 1.54) is 29.2 Å². The van der Waals surface area contributed by atoms with E-state index >= 15 is 0 Å². The summed E-state index contributed by atoms with van der Waals surface area (Å²) in [7, 11) is 0. The third-order valence-electron chi connectivity index (χ3n) is 6.16. The summed E-state index contributed by atoms with van der Waals surface area (Å²) >= 11 is 0. The molecular weight excluding hydrogens is 521 g/mol. The minimum absolute atomic E-state index is 0.0487. The number of carboxylic acids is 1. The summed E-state index contributed by atoms with van der Waals surface area (Å²) in [5.74, 6) is -4.01. The zero-order valence-corrected chi connectivity index (χ0v) is 21.2. The molecule has 0 saturated carbocycles. The number of nitrogens with one attached hydrogen (secondary N) is 1. The Morgan fingerprint density at radius 3 is 1.90 bits per heavy atom. The number of aliphatic carboxylic acids is 1. The lowest BCUT2D eigenvalue weighted by atomic mass is 9.94. The van der Waals surface area contributed by atoms with Gasteiger partial charge in [0.05, 0.1) is 6.42 Å². The number of hydrogen-bond acceptors (Lipinski definition) is 3. The lowest BCUT2D eigenvalue weighted by molar-refractivity contribution is -0.137. The maximum Gasteiger partial charge on any atom is 0.305 e. The molecule has 2 amide bonds. The zero-order valence-electron chi connectivity index (χ0n) is 21.2. The molecule has 0 atom stereocenters. The van der Waals surface area contributed by atoms with E-state index in [0.29, 0.717) is 16.7 Å². The van der Waals surface area contributed by atoms with Crippen LogP contribution in [0.25, 0.3) is 11.1 Å². The molecule has 4 rings (SSSR count). The Hall–Kier alpha value is -4.92. The Morgan fingerprint density at radius 1 is 0.700 bits per heavy atom. The van der Waals surface area contributed by atoms with Crippen molar-refractivity contribution in [3.8, 4) is 11.1 Å². The van der Waals surface area contributed by atoms with Gasteiger partial charge in [0.15, 0.2) is 0 Å². The summed E-state index contributed by atoms with van der Waals surface area (Å²) in [5, 5.41) is 11.9. The number of carbonyl (C=O) groups excluding carboxylic acids is 2. The summed E-state index contributed by atoms with van der Waals surface area (Å²) in [6.45, 7) is -0.164. The molecule has 0 unspecified atom stereocenters. The van der Waals surface area contributed by atoms with Gasteiger partial charge in [0.25, 0.3) is 11.8 Å². The van der Waals surface area contributed by atoms with Crippen LogP contribution in [0.3, 0.4) is 0 Å². The first kappa shape index (κ1) is 28.1. The summed E-state index contributed by atoms with van der Waals surface area (Å²) in [6, 6.07) is 21.8. The van der Waals surface area contributed by atoms with E-state index in [2.05, 4.69) is 5.32 Å². The third-order valence-corrected chi connectivity index (χ3v) is 6.16. The highest BCUT2D eigenvalue weighted by Gasteiger charge is 2.23. The highest BCUT2D eigenvalue weighted by Crippen LogP contribution is 2.29. The molecule has 0 aliphatic heterocycles. The van der Waals surface area contributed by atoms with Crippen LogP contribution in [0.2, 0.25) is 0 Å². The Bertz CT molecular complexity index is 1520. The normalized spacial score (nSPS) is 10.7. The van der Waals surface area contributed by atoms with Crippen LogP contribution >= 0.6 is 0 Å². The number of benzene rings is 4. The van der Waals surface area contributed by atoms with E-state index in [-0.39, 0.29) is 42.7 Å².